The molecule has 0 spiro atoms. The molecule has 1 aliphatic rings. The Hall–Kier alpha value is -3.22. The lowest BCUT2D eigenvalue weighted by atomic mass is 10.1. The van der Waals surface area contributed by atoms with E-state index in [0.29, 0.717) is 6.42 Å². The zero-order valence-corrected chi connectivity index (χ0v) is 15.2. The topological polar surface area (TPSA) is 85.9 Å². The maximum absolute atomic E-state index is 11.2. The normalized spacial score (nSPS) is 13.5. The molecule has 0 amide bonds. The summed E-state index contributed by atoms with van der Waals surface area (Å²) in [7, 11) is 0. The van der Waals surface area contributed by atoms with E-state index < -0.39 is 0 Å². The number of non-ortho nitro benzene ring substituents is 1. The van der Waals surface area contributed by atoms with Gasteiger partial charge in [0.05, 0.1) is 16.3 Å². The molecule has 0 fully saturated rings. The summed E-state index contributed by atoms with van der Waals surface area (Å²) in [4.78, 5) is 15.3. The van der Waals surface area contributed by atoms with Crippen LogP contribution >= 0.6 is 0 Å². The van der Waals surface area contributed by atoms with Crippen molar-refractivity contribution in [2.45, 2.75) is 32.6 Å². The fourth-order valence-electron chi connectivity index (χ4n) is 3.50. The number of nitro benzene ring substituents is 1. The second-order valence-electron chi connectivity index (χ2n) is 6.80. The molecular formula is C20H21N5O2. The molecule has 3 heterocycles. The molecule has 2 aromatic heterocycles. The Kier molecular flexibility index (Phi) is 4.58. The van der Waals surface area contributed by atoms with Gasteiger partial charge in [-0.3, -0.25) is 15.1 Å². The summed E-state index contributed by atoms with van der Waals surface area (Å²) in [6, 6.07) is 10.8. The van der Waals surface area contributed by atoms with Crippen LogP contribution in [-0.2, 0) is 12.8 Å². The summed E-state index contributed by atoms with van der Waals surface area (Å²) >= 11 is 0. The number of nitrogens with one attached hydrogen (secondary N) is 1. The molecule has 0 saturated carbocycles. The molecule has 7 nitrogen and oxygen atoms in total. The first-order chi connectivity index (χ1) is 13.1. The Bertz CT molecular complexity index is 982. The molecular weight excluding hydrogens is 342 g/mol. The van der Waals surface area contributed by atoms with Crippen LogP contribution in [0.15, 0.2) is 42.6 Å². The van der Waals surface area contributed by atoms with Gasteiger partial charge in [0, 0.05) is 42.6 Å². The van der Waals surface area contributed by atoms with Crippen molar-refractivity contribution in [3.8, 4) is 5.69 Å². The molecule has 0 atom stereocenters. The van der Waals surface area contributed by atoms with Crippen LogP contribution in [0.2, 0.25) is 0 Å². The molecule has 1 N–H and O–H groups in total. The molecule has 0 saturated heterocycles. The molecule has 4 rings (SSSR count). The Morgan fingerprint density at radius 3 is 2.93 bits per heavy atom. The zero-order chi connectivity index (χ0) is 18.8. The van der Waals surface area contributed by atoms with Gasteiger partial charge < -0.3 is 5.32 Å². The molecule has 1 aliphatic heterocycles. The Morgan fingerprint density at radius 1 is 1.26 bits per heavy atom. The van der Waals surface area contributed by atoms with E-state index in [-0.39, 0.29) is 10.6 Å². The number of rotatable bonds is 4. The van der Waals surface area contributed by atoms with Crippen LogP contribution in [-0.4, -0.2) is 26.2 Å². The largest absolute Gasteiger partial charge is 0.370 e. The summed E-state index contributed by atoms with van der Waals surface area (Å²) in [6.45, 7) is 2.82. The number of anilines is 1. The van der Waals surface area contributed by atoms with E-state index >= 15 is 0 Å². The summed E-state index contributed by atoms with van der Waals surface area (Å²) in [5.41, 5.74) is 4.88. The van der Waals surface area contributed by atoms with Gasteiger partial charge in [-0.25, -0.2) is 4.68 Å². The Balaban J connectivity index is 1.84. The fourth-order valence-corrected chi connectivity index (χ4v) is 3.50. The first-order valence-electron chi connectivity index (χ1n) is 9.13. The zero-order valence-electron chi connectivity index (χ0n) is 15.2. The molecule has 0 aliphatic carbocycles. The van der Waals surface area contributed by atoms with Crippen molar-refractivity contribution >= 4 is 11.5 Å². The number of fused-ring (bicyclic) bond motifs is 1. The van der Waals surface area contributed by atoms with Gasteiger partial charge in [0.1, 0.15) is 5.82 Å². The van der Waals surface area contributed by atoms with Crippen molar-refractivity contribution < 1.29 is 4.92 Å². The molecule has 3 aromatic rings. The maximum atomic E-state index is 11.2. The van der Waals surface area contributed by atoms with Gasteiger partial charge in [0.25, 0.3) is 5.69 Å². The molecule has 7 heteroatoms. The van der Waals surface area contributed by atoms with Crippen LogP contribution in [0.3, 0.4) is 0 Å². The van der Waals surface area contributed by atoms with E-state index in [1.807, 2.05) is 29.8 Å². The number of benzene rings is 1. The van der Waals surface area contributed by atoms with E-state index in [1.165, 1.54) is 11.6 Å². The third-order valence-electron chi connectivity index (χ3n) is 4.92. The third kappa shape index (κ3) is 3.40. The SMILES string of the molecule is Cc1ccc([N+](=O)[O-])cc1-n1nc(Cc2ccccn2)c2c1NCCCC2. The standard InChI is InChI=1S/C20H21N5O2/c1-14-8-9-16(25(26)27)13-19(14)24-20-17(7-3-5-11-22-20)18(23-24)12-15-6-2-4-10-21-15/h2,4,6,8-10,13,22H,3,5,7,11-12H2,1H3. The number of aryl methyl sites for hydroxylation is 1. The summed E-state index contributed by atoms with van der Waals surface area (Å²) < 4.78 is 1.83. The number of nitro groups is 1. The van der Waals surface area contributed by atoms with Gasteiger partial charge in [-0.1, -0.05) is 12.1 Å². The Labute approximate surface area is 157 Å². The van der Waals surface area contributed by atoms with E-state index in [9.17, 15) is 10.1 Å². The molecule has 0 radical (unpaired) electrons. The third-order valence-corrected chi connectivity index (χ3v) is 4.92. The summed E-state index contributed by atoms with van der Waals surface area (Å²) in [6.07, 6.45) is 5.55. The van der Waals surface area contributed by atoms with E-state index in [1.54, 1.807) is 18.3 Å². The average molecular weight is 363 g/mol. The minimum Gasteiger partial charge on any atom is -0.370 e. The molecule has 0 bridgehead atoms. The van der Waals surface area contributed by atoms with E-state index in [4.69, 9.17) is 5.10 Å². The lowest BCUT2D eigenvalue weighted by molar-refractivity contribution is -0.384. The average Bonchev–Trinajstić information content (AvgIpc) is 2.84. The number of nitrogens with zero attached hydrogens (tertiary/aromatic N) is 4. The first kappa shape index (κ1) is 17.2. The van der Waals surface area contributed by atoms with Gasteiger partial charge in [0.2, 0.25) is 0 Å². The van der Waals surface area contributed by atoms with Crippen molar-refractivity contribution in [1.29, 1.82) is 0 Å². The minimum atomic E-state index is -0.368. The molecule has 138 valence electrons. The van der Waals surface area contributed by atoms with Gasteiger partial charge >= 0.3 is 0 Å². The van der Waals surface area contributed by atoms with Crippen molar-refractivity contribution in [3.05, 3.63) is 75.2 Å². The van der Waals surface area contributed by atoms with Crippen LogP contribution in [0.5, 0.6) is 0 Å². The highest BCUT2D eigenvalue weighted by Gasteiger charge is 2.22. The van der Waals surface area contributed by atoms with Crippen LogP contribution < -0.4 is 5.32 Å². The van der Waals surface area contributed by atoms with Gasteiger partial charge in [-0.15, -0.1) is 0 Å². The fraction of sp³-hybridized carbons (Fsp3) is 0.300. The lowest BCUT2D eigenvalue weighted by Crippen LogP contribution is -2.08. The second-order valence-corrected chi connectivity index (χ2v) is 6.80. The van der Waals surface area contributed by atoms with Gasteiger partial charge in [-0.05, 0) is 43.9 Å². The Morgan fingerprint density at radius 2 is 2.15 bits per heavy atom. The highest BCUT2D eigenvalue weighted by atomic mass is 16.6. The highest BCUT2D eigenvalue weighted by molar-refractivity contribution is 5.58. The van der Waals surface area contributed by atoms with E-state index in [2.05, 4.69) is 10.3 Å². The smallest absolute Gasteiger partial charge is 0.271 e. The van der Waals surface area contributed by atoms with E-state index in [0.717, 1.165) is 54.3 Å². The minimum absolute atomic E-state index is 0.0692. The molecule has 27 heavy (non-hydrogen) atoms. The quantitative estimate of drug-likeness (QED) is 0.562. The van der Waals surface area contributed by atoms with Gasteiger partial charge in [0.15, 0.2) is 0 Å². The second kappa shape index (κ2) is 7.19. The highest BCUT2D eigenvalue weighted by Crippen LogP contribution is 2.31. The number of hydrogen-bond donors (Lipinski definition) is 1. The van der Waals surface area contributed by atoms with Crippen molar-refractivity contribution in [2.24, 2.45) is 0 Å². The van der Waals surface area contributed by atoms with Crippen molar-refractivity contribution in [2.75, 3.05) is 11.9 Å². The van der Waals surface area contributed by atoms with Crippen LogP contribution in [0, 0.1) is 17.0 Å². The van der Waals surface area contributed by atoms with Gasteiger partial charge in [-0.2, -0.15) is 5.10 Å². The predicted octanol–water partition coefficient (Wildman–Crippen LogP) is 3.82. The predicted molar refractivity (Wildman–Crippen MR) is 103 cm³/mol. The monoisotopic (exact) mass is 363 g/mol. The summed E-state index contributed by atoms with van der Waals surface area (Å²) in [5, 5.41) is 19.6. The summed E-state index contributed by atoms with van der Waals surface area (Å²) in [5.74, 6) is 0.946. The van der Waals surface area contributed by atoms with Crippen molar-refractivity contribution in [1.82, 2.24) is 14.8 Å². The van der Waals surface area contributed by atoms with Crippen LogP contribution in [0.4, 0.5) is 11.5 Å². The first-order valence-corrected chi connectivity index (χ1v) is 9.13. The van der Waals surface area contributed by atoms with Crippen molar-refractivity contribution in [3.63, 3.8) is 0 Å². The lowest BCUT2D eigenvalue weighted by Gasteiger charge is -2.11. The number of aromatic nitrogens is 3. The molecule has 1 aromatic carbocycles. The molecule has 0 unspecified atom stereocenters. The number of pyridine rings is 1. The van der Waals surface area contributed by atoms with Crippen LogP contribution in [0.1, 0.15) is 35.4 Å². The number of hydrogen-bond acceptors (Lipinski definition) is 5. The van der Waals surface area contributed by atoms with Crippen LogP contribution in [0.25, 0.3) is 5.69 Å². The maximum Gasteiger partial charge on any atom is 0.271 e.